The van der Waals surface area contributed by atoms with Gasteiger partial charge >= 0.3 is 20.4 Å². The van der Waals surface area contributed by atoms with E-state index in [0.29, 0.717) is 0 Å². The molecular formula is C4H6Cl2Pd. The number of hydrogen-bond acceptors (Lipinski definition) is 0. The van der Waals surface area contributed by atoms with Gasteiger partial charge in [-0.1, -0.05) is 25.3 Å². The zero-order valence-corrected chi connectivity index (χ0v) is 6.71. The summed E-state index contributed by atoms with van der Waals surface area (Å²) in [5.74, 6) is 0. The van der Waals surface area contributed by atoms with Gasteiger partial charge in [0.2, 0.25) is 0 Å². The van der Waals surface area contributed by atoms with E-state index in [2.05, 4.69) is 13.2 Å². The summed E-state index contributed by atoms with van der Waals surface area (Å²) >= 11 is 0. The van der Waals surface area contributed by atoms with E-state index in [9.17, 15) is 0 Å². The normalized spacial score (nSPS) is 2.86. The molecule has 0 fully saturated rings. The Hall–Kier alpha value is 0.722. The van der Waals surface area contributed by atoms with Crippen LogP contribution in [0.2, 0.25) is 0 Å². The first-order valence-corrected chi connectivity index (χ1v) is 1.15. The summed E-state index contributed by atoms with van der Waals surface area (Å²) in [6.45, 7) is 6.72. The molecule has 0 unspecified atom stereocenters. The van der Waals surface area contributed by atoms with Crippen molar-refractivity contribution < 1.29 is 45.2 Å². The Labute approximate surface area is 70.5 Å². The molecule has 0 aromatic carbocycles. The van der Waals surface area contributed by atoms with Crippen molar-refractivity contribution >= 4 is 0 Å². The smallest absolute Gasteiger partial charge is 1.00 e. The van der Waals surface area contributed by atoms with Crippen LogP contribution >= 0.6 is 0 Å². The Balaban J connectivity index is -0.0000000150. The fourth-order valence-corrected chi connectivity index (χ4v) is 0. The van der Waals surface area contributed by atoms with Crippen LogP contribution in [0.1, 0.15) is 0 Å². The molecule has 0 aliphatic carbocycles. The molecule has 3 heteroatoms. The molecule has 0 aromatic heterocycles. The van der Waals surface area contributed by atoms with Crippen molar-refractivity contribution in [1.82, 2.24) is 0 Å². The van der Waals surface area contributed by atoms with Gasteiger partial charge < -0.3 is 24.8 Å². The van der Waals surface area contributed by atoms with Gasteiger partial charge in [-0.2, -0.15) is 0 Å². The first kappa shape index (κ1) is 25.2. The van der Waals surface area contributed by atoms with Crippen molar-refractivity contribution in [2.75, 3.05) is 0 Å². The predicted octanol–water partition coefficient (Wildman–Crippen LogP) is -4.64. The van der Waals surface area contributed by atoms with E-state index < -0.39 is 0 Å². The van der Waals surface area contributed by atoms with Gasteiger partial charge in [0, 0.05) is 0 Å². The first-order chi connectivity index (χ1) is 1.91. The SMILES string of the molecule is C=CC=C.[Cl-].[Cl-].[Pd+2]. The molecule has 0 radical (unpaired) electrons. The Bertz CT molecular complexity index is 30.7. The van der Waals surface area contributed by atoms with Crippen molar-refractivity contribution in [2.24, 2.45) is 0 Å². The molecule has 0 aliphatic heterocycles. The molecule has 0 spiro atoms. The number of allylic oxidation sites excluding steroid dienone is 2. The van der Waals surface area contributed by atoms with E-state index >= 15 is 0 Å². The first-order valence-electron chi connectivity index (χ1n) is 1.15. The maximum Gasteiger partial charge on any atom is 2.00 e. The summed E-state index contributed by atoms with van der Waals surface area (Å²) in [4.78, 5) is 0. The summed E-state index contributed by atoms with van der Waals surface area (Å²) in [5.41, 5.74) is 0. The van der Waals surface area contributed by atoms with Crippen LogP contribution in [0.4, 0.5) is 0 Å². The third-order valence-corrected chi connectivity index (χ3v) is 0.167. The molecule has 0 amide bonds. The topological polar surface area (TPSA) is 0 Å². The monoisotopic (exact) mass is 230 g/mol. The van der Waals surface area contributed by atoms with Gasteiger partial charge in [-0.25, -0.2) is 0 Å². The average molecular weight is 231 g/mol. The minimum absolute atomic E-state index is 0. The molecule has 0 nitrogen and oxygen atoms in total. The van der Waals surface area contributed by atoms with E-state index in [4.69, 9.17) is 0 Å². The van der Waals surface area contributed by atoms with Crippen molar-refractivity contribution in [3.05, 3.63) is 25.3 Å². The van der Waals surface area contributed by atoms with Crippen LogP contribution in [0, 0.1) is 0 Å². The molecule has 0 bridgehead atoms. The van der Waals surface area contributed by atoms with Gasteiger partial charge in [0.1, 0.15) is 0 Å². The van der Waals surface area contributed by atoms with Crippen molar-refractivity contribution in [1.29, 1.82) is 0 Å². The van der Waals surface area contributed by atoms with Gasteiger partial charge in [-0.15, -0.1) is 0 Å². The molecule has 0 aliphatic rings. The third-order valence-electron chi connectivity index (χ3n) is 0.167. The van der Waals surface area contributed by atoms with Crippen molar-refractivity contribution in [2.45, 2.75) is 0 Å². The van der Waals surface area contributed by atoms with Crippen molar-refractivity contribution in [3.63, 3.8) is 0 Å². The standard InChI is InChI=1S/C4H6.2ClH.Pd/c1-3-4-2;;;/h3-4H,1-2H2;2*1H;/q;;;+2/p-2. The van der Waals surface area contributed by atoms with Crippen molar-refractivity contribution in [3.8, 4) is 0 Å². The van der Waals surface area contributed by atoms with Gasteiger partial charge in [0.25, 0.3) is 0 Å². The molecule has 0 heterocycles. The minimum Gasteiger partial charge on any atom is -1.00 e. The molecule has 7 heavy (non-hydrogen) atoms. The third kappa shape index (κ3) is 50.5. The summed E-state index contributed by atoms with van der Waals surface area (Å²) < 4.78 is 0. The molecule has 46 valence electrons. The zero-order chi connectivity index (χ0) is 3.41. The van der Waals surface area contributed by atoms with Crippen LogP contribution in [0.3, 0.4) is 0 Å². The second-order valence-corrected chi connectivity index (χ2v) is 0.471. The molecule has 0 saturated heterocycles. The number of halogens is 2. The average Bonchev–Trinajstić information content (AvgIpc) is 1.37. The fraction of sp³-hybridized carbons (Fsp3) is 0. The van der Waals surface area contributed by atoms with E-state index in [1.807, 2.05) is 0 Å². The Morgan fingerprint density at radius 1 is 0.857 bits per heavy atom. The van der Waals surface area contributed by atoms with E-state index in [1.54, 1.807) is 12.2 Å². The maximum atomic E-state index is 3.36. The molecule has 0 rings (SSSR count). The van der Waals surface area contributed by atoms with Crippen LogP contribution in [-0.4, -0.2) is 0 Å². The summed E-state index contributed by atoms with van der Waals surface area (Å²) in [6, 6.07) is 0. The Morgan fingerprint density at radius 3 is 1.00 bits per heavy atom. The largest absolute Gasteiger partial charge is 2.00 e. The van der Waals surface area contributed by atoms with E-state index in [0.717, 1.165) is 0 Å². The summed E-state index contributed by atoms with van der Waals surface area (Å²) in [6.07, 6.45) is 3.28. The molecule has 0 atom stereocenters. The maximum absolute atomic E-state index is 3.36. The van der Waals surface area contributed by atoms with Crippen LogP contribution in [0.5, 0.6) is 0 Å². The Morgan fingerprint density at radius 2 is 1.00 bits per heavy atom. The quantitative estimate of drug-likeness (QED) is 0.315. The van der Waals surface area contributed by atoms with Crippen LogP contribution in [0.15, 0.2) is 25.3 Å². The molecular weight excluding hydrogens is 225 g/mol. The number of hydrogen-bond donors (Lipinski definition) is 0. The molecule has 0 N–H and O–H groups in total. The Kier molecular flexibility index (Phi) is 107. The second-order valence-electron chi connectivity index (χ2n) is 0.471. The summed E-state index contributed by atoms with van der Waals surface area (Å²) in [5, 5.41) is 0. The number of rotatable bonds is 1. The van der Waals surface area contributed by atoms with Gasteiger partial charge in [-0.3, -0.25) is 0 Å². The van der Waals surface area contributed by atoms with E-state index in [1.165, 1.54) is 0 Å². The zero-order valence-electron chi connectivity index (χ0n) is 3.64. The van der Waals surface area contributed by atoms with E-state index in [-0.39, 0.29) is 45.2 Å². The fourth-order valence-electron chi connectivity index (χ4n) is 0. The van der Waals surface area contributed by atoms with Crippen LogP contribution in [0.25, 0.3) is 0 Å². The van der Waals surface area contributed by atoms with Gasteiger partial charge in [-0.05, 0) is 0 Å². The predicted molar refractivity (Wildman–Crippen MR) is 20.4 cm³/mol. The van der Waals surface area contributed by atoms with Crippen LogP contribution in [-0.2, 0) is 20.4 Å². The second kappa shape index (κ2) is 29.7. The minimum atomic E-state index is 0. The molecule has 0 aromatic rings. The summed E-state index contributed by atoms with van der Waals surface area (Å²) in [7, 11) is 0. The van der Waals surface area contributed by atoms with Gasteiger partial charge in [0.15, 0.2) is 0 Å². The molecule has 0 saturated carbocycles. The van der Waals surface area contributed by atoms with Crippen LogP contribution < -0.4 is 24.8 Å². The van der Waals surface area contributed by atoms with Gasteiger partial charge in [0.05, 0.1) is 0 Å².